The predicted octanol–water partition coefficient (Wildman–Crippen LogP) is 0.720. The first-order valence-corrected chi connectivity index (χ1v) is 10.1. The largest absolute Gasteiger partial charge is 0.468 e. The molecule has 1 N–H and O–H groups in total. The van der Waals surface area contributed by atoms with Crippen LogP contribution in [0.2, 0.25) is 0 Å². The number of carbonyl (C=O) groups is 3. The monoisotopic (exact) mass is 428 g/mol. The molecular formula is C22H24N2O7. The molecule has 0 bridgehead atoms. The Morgan fingerprint density at radius 2 is 1.84 bits per heavy atom. The highest BCUT2D eigenvalue weighted by Gasteiger charge is 2.48. The molecule has 31 heavy (non-hydrogen) atoms. The molecule has 3 aliphatic rings. The first-order valence-electron chi connectivity index (χ1n) is 10.1. The van der Waals surface area contributed by atoms with Crippen LogP contribution in [0.1, 0.15) is 15.9 Å². The van der Waals surface area contributed by atoms with Gasteiger partial charge in [0.05, 0.1) is 33.0 Å². The minimum atomic E-state index is -1.24. The van der Waals surface area contributed by atoms with Gasteiger partial charge >= 0.3 is 11.9 Å². The van der Waals surface area contributed by atoms with Gasteiger partial charge in [0.2, 0.25) is 5.88 Å². The normalized spacial score (nSPS) is 20.7. The van der Waals surface area contributed by atoms with Gasteiger partial charge in [0.1, 0.15) is 17.3 Å². The number of nitrogens with zero attached hydrogens (tertiary/aromatic N) is 1. The first-order chi connectivity index (χ1) is 15.1. The number of hydrogen-bond donors (Lipinski definition) is 1. The van der Waals surface area contributed by atoms with Gasteiger partial charge in [0, 0.05) is 37.3 Å². The van der Waals surface area contributed by atoms with Crippen LogP contribution in [0, 0.1) is 5.92 Å². The van der Waals surface area contributed by atoms with E-state index in [4.69, 9.17) is 18.9 Å². The Bertz CT molecular complexity index is 976. The molecule has 4 rings (SSSR count). The zero-order valence-electron chi connectivity index (χ0n) is 17.4. The first kappa shape index (κ1) is 21.1. The average molecular weight is 428 g/mol. The van der Waals surface area contributed by atoms with Gasteiger partial charge in [-0.2, -0.15) is 0 Å². The Balaban J connectivity index is 1.68. The van der Waals surface area contributed by atoms with Crippen molar-refractivity contribution in [2.75, 3.05) is 53.6 Å². The molecule has 0 saturated carbocycles. The number of rotatable bonds is 6. The van der Waals surface area contributed by atoms with Crippen molar-refractivity contribution in [1.82, 2.24) is 10.2 Å². The van der Waals surface area contributed by atoms with Crippen LogP contribution >= 0.6 is 0 Å². The molecule has 1 fully saturated rings. The lowest BCUT2D eigenvalue weighted by atomic mass is 9.87. The number of methoxy groups -OCH3 is 2. The smallest absolute Gasteiger partial charge is 0.340 e. The van der Waals surface area contributed by atoms with E-state index in [1.807, 2.05) is 0 Å². The fraction of sp³-hybridized carbons (Fsp3) is 0.409. The Labute approximate surface area is 179 Å². The van der Waals surface area contributed by atoms with Crippen LogP contribution in [0.5, 0.6) is 0 Å². The third kappa shape index (κ3) is 3.82. The summed E-state index contributed by atoms with van der Waals surface area (Å²) in [4.78, 5) is 40.7. The molecule has 2 aliphatic heterocycles. The molecule has 9 heteroatoms. The van der Waals surface area contributed by atoms with Crippen LogP contribution in [0.3, 0.4) is 0 Å². The van der Waals surface area contributed by atoms with Crippen molar-refractivity contribution in [2.24, 2.45) is 5.92 Å². The second kappa shape index (κ2) is 8.91. The molecule has 1 saturated heterocycles. The molecule has 1 aromatic rings. The lowest BCUT2D eigenvalue weighted by molar-refractivity contribution is -0.146. The molecule has 0 spiro atoms. The molecule has 164 valence electrons. The van der Waals surface area contributed by atoms with E-state index < -0.39 is 17.9 Å². The quantitative estimate of drug-likeness (QED) is 0.657. The molecule has 1 unspecified atom stereocenters. The summed E-state index contributed by atoms with van der Waals surface area (Å²) in [5.41, 5.74) is 1.01. The molecule has 0 amide bonds. The van der Waals surface area contributed by atoms with Gasteiger partial charge in [-0.1, -0.05) is 24.3 Å². The predicted molar refractivity (Wildman–Crippen MR) is 109 cm³/mol. The number of nitrogens with one attached hydrogen (secondary N) is 1. The van der Waals surface area contributed by atoms with Crippen molar-refractivity contribution >= 4 is 23.5 Å². The van der Waals surface area contributed by atoms with E-state index in [9.17, 15) is 14.4 Å². The Morgan fingerprint density at radius 3 is 2.52 bits per heavy atom. The molecule has 2 heterocycles. The minimum absolute atomic E-state index is 0.0729. The number of hydrogen-bond acceptors (Lipinski definition) is 9. The van der Waals surface area contributed by atoms with E-state index in [1.54, 1.807) is 24.3 Å². The number of carbonyl (C=O) groups excluding carboxylic acids is 3. The maximum absolute atomic E-state index is 13.1. The van der Waals surface area contributed by atoms with Crippen molar-refractivity contribution in [3.8, 4) is 0 Å². The van der Waals surface area contributed by atoms with E-state index in [1.165, 1.54) is 14.2 Å². The van der Waals surface area contributed by atoms with Crippen molar-refractivity contribution < 1.29 is 33.3 Å². The second-order valence-corrected chi connectivity index (χ2v) is 7.29. The number of fused-ring (bicyclic) bond motifs is 2. The van der Waals surface area contributed by atoms with E-state index in [0.29, 0.717) is 37.4 Å². The van der Waals surface area contributed by atoms with Crippen molar-refractivity contribution in [3.63, 3.8) is 0 Å². The summed E-state index contributed by atoms with van der Waals surface area (Å²) in [7, 11) is 2.43. The number of Topliss-reactive ketones (excluding diaryl/α,β-unsaturated/α-hetero) is 1. The van der Waals surface area contributed by atoms with Gasteiger partial charge in [-0.25, -0.2) is 4.79 Å². The Hall–Kier alpha value is -3.17. The summed E-state index contributed by atoms with van der Waals surface area (Å²) < 4.78 is 21.3. The molecule has 1 atom stereocenters. The van der Waals surface area contributed by atoms with Crippen LogP contribution < -0.4 is 5.32 Å². The summed E-state index contributed by atoms with van der Waals surface area (Å²) >= 11 is 0. The van der Waals surface area contributed by atoms with E-state index in [0.717, 1.165) is 13.1 Å². The topological polar surface area (TPSA) is 103 Å². The number of ketones is 1. The second-order valence-electron chi connectivity index (χ2n) is 7.29. The standard InChI is InChI=1S/C22H24N2O7/c1-28-21(26)15-16-18(25)13-5-3-4-6-14(13)19(16)31-20(17(15)22(27)29-2)23-7-8-24-9-11-30-12-10-24/h3-6,15,23H,7-12H2,1-2H3. The Morgan fingerprint density at radius 1 is 1.13 bits per heavy atom. The van der Waals surface area contributed by atoms with Gasteiger partial charge in [-0.3, -0.25) is 14.5 Å². The maximum atomic E-state index is 13.1. The molecule has 1 aromatic carbocycles. The van der Waals surface area contributed by atoms with E-state index >= 15 is 0 Å². The summed E-state index contributed by atoms with van der Waals surface area (Å²) in [5.74, 6) is -2.75. The SMILES string of the molecule is COC(=O)C1=C(NCCN2CCOCC2)OC2=C(C(=O)c3ccccc32)C1C(=O)OC. The fourth-order valence-corrected chi connectivity index (χ4v) is 4.03. The maximum Gasteiger partial charge on any atom is 0.340 e. The van der Waals surface area contributed by atoms with E-state index in [2.05, 4.69) is 10.2 Å². The van der Waals surface area contributed by atoms with Gasteiger partial charge in [-0.05, 0) is 0 Å². The third-order valence-electron chi connectivity index (χ3n) is 5.59. The summed E-state index contributed by atoms with van der Waals surface area (Å²) in [6, 6.07) is 6.93. The summed E-state index contributed by atoms with van der Waals surface area (Å²) in [5, 5.41) is 3.12. The number of morpholine rings is 1. The van der Waals surface area contributed by atoms with Gasteiger partial charge in [0.15, 0.2) is 5.78 Å². The number of esters is 2. The van der Waals surface area contributed by atoms with Gasteiger partial charge in [-0.15, -0.1) is 0 Å². The van der Waals surface area contributed by atoms with Crippen LogP contribution in [-0.2, 0) is 28.5 Å². The van der Waals surface area contributed by atoms with Crippen LogP contribution in [0.4, 0.5) is 0 Å². The summed E-state index contributed by atoms with van der Waals surface area (Å²) in [6.07, 6.45) is 0. The molecule has 0 radical (unpaired) electrons. The van der Waals surface area contributed by atoms with Crippen molar-refractivity contribution in [2.45, 2.75) is 0 Å². The molecule has 1 aliphatic carbocycles. The lowest BCUT2D eigenvalue weighted by Crippen LogP contribution is -2.41. The van der Waals surface area contributed by atoms with Gasteiger partial charge in [0.25, 0.3) is 0 Å². The van der Waals surface area contributed by atoms with Crippen molar-refractivity contribution in [3.05, 3.63) is 52.4 Å². The summed E-state index contributed by atoms with van der Waals surface area (Å²) in [6.45, 7) is 4.12. The van der Waals surface area contributed by atoms with Crippen LogP contribution in [0.15, 0.2) is 41.3 Å². The fourth-order valence-electron chi connectivity index (χ4n) is 4.03. The highest BCUT2D eigenvalue weighted by Crippen LogP contribution is 2.45. The van der Waals surface area contributed by atoms with E-state index in [-0.39, 0.29) is 28.6 Å². The molecular weight excluding hydrogens is 404 g/mol. The Kier molecular flexibility index (Phi) is 6.06. The highest BCUT2D eigenvalue weighted by molar-refractivity contribution is 6.23. The van der Waals surface area contributed by atoms with Crippen LogP contribution in [-0.4, -0.2) is 76.2 Å². The minimum Gasteiger partial charge on any atom is -0.468 e. The molecule has 0 aromatic heterocycles. The zero-order chi connectivity index (χ0) is 22.0. The number of benzene rings is 1. The average Bonchev–Trinajstić information content (AvgIpc) is 3.09. The van der Waals surface area contributed by atoms with Gasteiger partial charge < -0.3 is 24.3 Å². The number of ether oxygens (including phenoxy) is 4. The lowest BCUT2D eigenvalue weighted by Gasteiger charge is -2.29. The molecule has 9 nitrogen and oxygen atoms in total. The van der Waals surface area contributed by atoms with Crippen LogP contribution in [0.25, 0.3) is 5.76 Å². The van der Waals surface area contributed by atoms with Crippen molar-refractivity contribution in [1.29, 1.82) is 0 Å². The third-order valence-corrected chi connectivity index (χ3v) is 5.59. The zero-order valence-corrected chi connectivity index (χ0v) is 17.4. The highest BCUT2D eigenvalue weighted by atomic mass is 16.5.